The van der Waals surface area contributed by atoms with Gasteiger partial charge in [-0.3, -0.25) is 9.59 Å². The van der Waals surface area contributed by atoms with E-state index in [9.17, 15) is 29.4 Å². The summed E-state index contributed by atoms with van der Waals surface area (Å²) < 4.78 is 50.3. The molecule has 2 N–H and O–H groups in total. The molecule has 2 saturated heterocycles. The zero-order chi connectivity index (χ0) is 37.8. The summed E-state index contributed by atoms with van der Waals surface area (Å²) in [7, 11) is 1.25. The Balaban J connectivity index is 1.48. The largest absolute Gasteiger partial charge is 0.472 e. The van der Waals surface area contributed by atoms with Gasteiger partial charge in [-0.15, -0.1) is 0 Å². The van der Waals surface area contributed by atoms with Crippen molar-refractivity contribution in [2.45, 2.75) is 127 Å². The third kappa shape index (κ3) is 3.50. The van der Waals surface area contributed by atoms with Gasteiger partial charge in [0.2, 0.25) is 0 Å². The molecule has 0 unspecified atom stereocenters. The van der Waals surface area contributed by atoms with Crippen LogP contribution in [-0.2, 0) is 52.3 Å². The molecule has 3 aliphatic heterocycles. The normalized spacial score (nSPS) is 49.2. The monoisotopic (exact) mass is 726 g/mol. The number of aliphatic hydroxyl groups is 2. The third-order valence-electron chi connectivity index (χ3n) is 14.4. The molecule has 14 nitrogen and oxygen atoms in total. The maximum Gasteiger partial charge on any atom is 0.333 e. The molecule has 14 heteroatoms. The van der Waals surface area contributed by atoms with Gasteiger partial charge in [0.25, 0.3) is 5.97 Å². The maximum absolute atomic E-state index is 13.8. The van der Waals surface area contributed by atoms with Crippen molar-refractivity contribution in [3.05, 3.63) is 47.5 Å². The fourth-order valence-corrected chi connectivity index (χ4v) is 12.1. The highest BCUT2D eigenvalue weighted by atomic mass is 17.0. The van der Waals surface area contributed by atoms with Crippen LogP contribution in [-0.4, -0.2) is 87.9 Å². The van der Waals surface area contributed by atoms with Crippen molar-refractivity contribution < 1.29 is 67.0 Å². The highest BCUT2D eigenvalue weighted by Crippen LogP contribution is 2.88. The quantitative estimate of drug-likeness (QED) is 0.237. The molecule has 4 aliphatic carbocycles. The highest BCUT2D eigenvalue weighted by molar-refractivity contribution is 5.88. The van der Waals surface area contributed by atoms with Crippen molar-refractivity contribution in [2.75, 3.05) is 7.11 Å². The summed E-state index contributed by atoms with van der Waals surface area (Å²) in [4.78, 5) is 53.9. The summed E-state index contributed by atoms with van der Waals surface area (Å²) in [6.07, 6.45) is 0.0537. The number of hydrogen-bond donors (Lipinski definition) is 2. The first-order valence-corrected chi connectivity index (χ1v) is 17.8. The number of rotatable bonds is 7. The van der Waals surface area contributed by atoms with E-state index in [1.165, 1.54) is 32.6 Å². The Hall–Kier alpha value is -3.56. The number of carbonyl (C=O) groups excluding carboxylic acids is 4. The van der Waals surface area contributed by atoms with E-state index in [1.807, 2.05) is 0 Å². The van der Waals surface area contributed by atoms with E-state index in [0.29, 0.717) is 5.56 Å². The molecule has 1 aromatic rings. The van der Waals surface area contributed by atoms with Gasteiger partial charge in [0.05, 0.1) is 25.1 Å². The summed E-state index contributed by atoms with van der Waals surface area (Å²) >= 11 is 0. The molecule has 282 valence electrons. The lowest BCUT2D eigenvalue weighted by Crippen LogP contribution is -2.93. The van der Waals surface area contributed by atoms with E-state index in [4.69, 9.17) is 37.6 Å². The van der Waals surface area contributed by atoms with Gasteiger partial charge in [-0.25, -0.2) is 9.59 Å². The number of cyclic esters (lactones) is 1. The van der Waals surface area contributed by atoms with Crippen LogP contribution >= 0.6 is 0 Å². The average Bonchev–Trinajstić information content (AvgIpc) is 3.87. The van der Waals surface area contributed by atoms with Crippen molar-refractivity contribution in [2.24, 2.45) is 28.1 Å². The van der Waals surface area contributed by atoms with Crippen LogP contribution in [0.1, 0.15) is 86.3 Å². The lowest BCUT2D eigenvalue weighted by molar-refractivity contribution is -0.456. The predicted molar refractivity (Wildman–Crippen MR) is 174 cm³/mol. The molecule has 13 atom stereocenters. The molecular weight excluding hydrogens is 680 g/mol. The summed E-state index contributed by atoms with van der Waals surface area (Å²) in [5.74, 6) is -6.02. The topological polar surface area (TPSA) is 186 Å². The fourth-order valence-electron chi connectivity index (χ4n) is 12.1. The molecule has 52 heavy (non-hydrogen) atoms. The minimum atomic E-state index is -2.40. The first-order chi connectivity index (χ1) is 24.2. The van der Waals surface area contributed by atoms with Crippen LogP contribution in [0.3, 0.4) is 0 Å². The predicted octanol–water partition coefficient (Wildman–Crippen LogP) is 3.34. The second-order valence-electron chi connectivity index (χ2n) is 16.7. The van der Waals surface area contributed by atoms with Gasteiger partial charge >= 0.3 is 23.9 Å². The Bertz CT molecular complexity index is 1850. The molecule has 0 aromatic carbocycles. The van der Waals surface area contributed by atoms with E-state index in [-0.39, 0.29) is 30.4 Å². The van der Waals surface area contributed by atoms with E-state index < -0.39 is 105 Å². The Labute approximate surface area is 300 Å². The van der Waals surface area contributed by atoms with Gasteiger partial charge in [-0.2, -0.15) is 0 Å². The van der Waals surface area contributed by atoms with E-state index in [0.717, 1.165) is 0 Å². The van der Waals surface area contributed by atoms with Crippen molar-refractivity contribution in [3.8, 4) is 0 Å². The van der Waals surface area contributed by atoms with Gasteiger partial charge in [0.1, 0.15) is 35.6 Å². The number of carbonyl (C=O) groups is 4. The summed E-state index contributed by atoms with van der Waals surface area (Å²) in [6, 6.07) is 1.64. The second-order valence-corrected chi connectivity index (χ2v) is 16.7. The van der Waals surface area contributed by atoms with Crippen LogP contribution in [0.15, 0.2) is 46.3 Å². The number of hydrogen-bond acceptors (Lipinski definition) is 14. The highest BCUT2D eigenvalue weighted by Gasteiger charge is 3.03. The number of allylic oxidation sites excluding steroid dienone is 1. The van der Waals surface area contributed by atoms with Crippen LogP contribution in [0.5, 0.6) is 0 Å². The number of methoxy groups -OCH3 is 1. The standard InChI is InChI=1S/C38H46O14/c1-10-19(4)28(42)49-29-31(6)17-34(43)33(8,22(31)13-25(40)45-9)35-15-24(47-20(5)39)32(7)23(14-26(41)48-27(32)21-11-12-46-16-21)37(35)30(36(29,34)44)50-38(51-35,52-37)18(2)3/h10-12,14,16,18,22,24,27,29-30,43-44H,13,15,17H2,1-9H3/b19-10+/t22-,24-,27-,29-,30+,31-,32-,33+,34+,35-,36-,37+,38+/m0/s1. The molecule has 4 heterocycles. The van der Waals surface area contributed by atoms with Gasteiger partial charge in [-0.1, -0.05) is 33.8 Å². The summed E-state index contributed by atoms with van der Waals surface area (Å²) in [6.45, 7) is 13.4. The third-order valence-corrected chi connectivity index (χ3v) is 14.4. The summed E-state index contributed by atoms with van der Waals surface area (Å²) in [5.41, 5.74) is -11.5. The Morgan fingerprint density at radius 1 is 1.10 bits per heavy atom. The maximum atomic E-state index is 13.8. The minimum Gasteiger partial charge on any atom is -0.472 e. The lowest BCUT2D eigenvalue weighted by atomic mass is 9.34. The number of fused-ring (bicyclic) bond motifs is 4. The Morgan fingerprint density at radius 3 is 2.40 bits per heavy atom. The zero-order valence-electron chi connectivity index (χ0n) is 30.8. The molecular formula is C38H46O14. The number of ether oxygens (including phenoxy) is 7. The van der Waals surface area contributed by atoms with Crippen molar-refractivity contribution in [1.29, 1.82) is 0 Å². The Kier molecular flexibility index (Phi) is 7.06. The van der Waals surface area contributed by atoms with Gasteiger partial charge < -0.3 is 47.8 Å². The lowest BCUT2D eigenvalue weighted by Gasteiger charge is -2.76. The van der Waals surface area contributed by atoms with Gasteiger partial charge in [0.15, 0.2) is 11.2 Å². The van der Waals surface area contributed by atoms with Crippen LogP contribution in [0.2, 0.25) is 0 Å². The van der Waals surface area contributed by atoms with E-state index >= 15 is 0 Å². The SMILES string of the molecule is C/C=C(\C)C(=O)O[C@H]1[C@@]2(C)C[C@]3(O)[C@@]1(O)[C@H]1O[C@]4(C(C)C)O[C@@]5(C[C@H](OC(C)=O)[C@]6(C)C(=CC(=O)O[C@H]6c6ccoc6)[C@@]15O4)[C@]3(C)[C@H]2CC(=O)OC. The smallest absolute Gasteiger partial charge is 0.333 e. The minimum absolute atomic E-state index is 0.133. The summed E-state index contributed by atoms with van der Waals surface area (Å²) in [5, 5.41) is 27.1. The first-order valence-electron chi connectivity index (χ1n) is 17.8. The Morgan fingerprint density at radius 2 is 1.81 bits per heavy atom. The molecule has 1 aromatic heterocycles. The molecule has 8 rings (SSSR count). The van der Waals surface area contributed by atoms with Gasteiger partial charge in [-0.05, 0) is 44.7 Å². The second kappa shape index (κ2) is 10.3. The average molecular weight is 727 g/mol. The molecule has 7 aliphatic rings. The van der Waals surface area contributed by atoms with Crippen LogP contribution in [0.25, 0.3) is 0 Å². The van der Waals surface area contributed by atoms with Crippen LogP contribution < -0.4 is 0 Å². The van der Waals surface area contributed by atoms with Crippen molar-refractivity contribution in [1.82, 2.24) is 0 Å². The molecule has 4 bridgehead atoms. The first kappa shape index (κ1) is 35.5. The molecule has 0 amide bonds. The molecule has 4 saturated carbocycles. The van der Waals surface area contributed by atoms with Gasteiger partial charge in [0, 0.05) is 53.7 Å². The number of furan rings is 1. The van der Waals surface area contributed by atoms with E-state index in [2.05, 4.69) is 0 Å². The fraction of sp³-hybridized carbons (Fsp3) is 0.684. The van der Waals surface area contributed by atoms with Crippen molar-refractivity contribution >= 4 is 23.9 Å². The van der Waals surface area contributed by atoms with Crippen LogP contribution in [0.4, 0.5) is 0 Å². The molecule has 1 spiro atoms. The van der Waals surface area contributed by atoms with Crippen LogP contribution in [0, 0.1) is 28.1 Å². The van der Waals surface area contributed by atoms with E-state index in [1.54, 1.807) is 60.6 Å². The molecule has 0 radical (unpaired) electrons. The molecule has 6 fully saturated rings. The number of esters is 4. The zero-order valence-corrected chi connectivity index (χ0v) is 30.8. The van der Waals surface area contributed by atoms with Crippen molar-refractivity contribution in [3.63, 3.8) is 0 Å².